The number of hydrogen-bond donors (Lipinski definition) is 3. The maximum absolute atomic E-state index is 11.9. The van der Waals surface area contributed by atoms with Crippen molar-refractivity contribution in [3.05, 3.63) is 23.9 Å². The van der Waals surface area contributed by atoms with Crippen LogP contribution in [0.25, 0.3) is 0 Å². The first-order valence-corrected chi connectivity index (χ1v) is 8.26. The van der Waals surface area contributed by atoms with Crippen LogP contribution >= 0.6 is 24.0 Å². The van der Waals surface area contributed by atoms with Crippen molar-refractivity contribution in [2.24, 2.45) is 10.9 Å². The maximum atomic E-state index is 11.9. The number of nitrogens with zero attached hydrogens (tertiary/aromatic N) is 2. The number of amides is 1. The molecule has 0 aliphatic carbocycles. The van der Waals surface area contributed by atoms with E-state index in [2.05, 4.69) is 39.8 Å². The summed E-state index contributed by atoms with van der Waals surface area (Å²) >= 11 is 0. The van der Waals surface area contributed by atoms with E-state index in [9.17, 15) is 4.79 Å². The second-order valence-corrected chi connectivity index (χ2v) is 5.58. The summed E-state index contributed by atoms with van der Waals surface area (Å²) in [5, 5.41) is 9.23. The van der Waals surface area contributed by atoms with Gasteiger partial charge in [0, 0.05) is 32.8 Å². The number of carbonyl (C=O) groups excluding carboxylic acids is 1. The highest BCUT2D eigenvalue weighted by atomic mass is 127. The van der Waals surface area contributed by atoms with Gasteiger partial charge in [-0.25, -0.2) is 4.98 Å². The van der Waals surface area contributed by atoms with Crippen molar-refractivity contribution in [2.75, 3.05) is 25.5 Å². The van der Waals surface area contributed by atoms with Crippen molar-refractivity contribution in [1.29, 1.82) is 0 Å². The number of carbonyl (C=O) groups is 1. The molecule has 6 nitrogen and oxygen atoms in total. The second-order valence-electron chi connectivity index (χ2n) is 5.58. The molecule has 1 heterocycles. The van der Waals surface area contributed by atoms with Gasteiger partial charge in [-0.2, -0.15) is 0 Å². The highest BCUT2D eigenvalue weighted by molar-refractivity contribution is 14.0. The van der Waals surface area contributed by atoms with Crippen LogP contribution in [0.1, 0.15) is 38.7 Å². The first-order chi connectivity index (χ1) is 11.1. The Hall–Kier alpha value is -1.38. The zero-order chi connectivity index (χ0) is 17.1. The molecule has 0 saturated carbocycles. The van der Waals surface area contributed by atoms with Gasteiger partial charge in [-0.15, -0.1) is 24.0 Å². The van der Waals surface area contributed by atoms with E-state index in [1.54, 1.807) is 19.3 Å². The highest BCUT2D eigenvalue weighted by Crippen LogP contribution is 2.05. The summed E-state index contributed by atoms with van der Waals surface area (Å²) in [6.07, 6.45) is 4.39. The third-order valence-corrected chi connectivity index (χ3v) is 3.76. The van der Waals surface area contributed by atoms with E-state index >= 15 is 0 Å². The maximum Gasteiger partial charge on any atom is 0.227 e. The van der Waals surface area contributed by atoms with Gasteiger partial charge in [-0.1, -0.05) is 32.8 Å². The zero-order valence-electron chi connectivity index (χ0n) is 15.1. The van der Waals surface area contributed by atoms with E-state index in [0.29, 0.717) is 24.7 Å². The van der Waals surface area contributed by atoms with Gasteiger partial charge >= 0.3 is 0 Å². The van der Waals surface area contributed by atoms with Gasteiger partial charge < -0.3 is 16.0 Å². The van der Waals surface area contributed by atoms with Crippen LogP contribution < -0.4 is 16.0 Å². The number of aryl methyl sites for hydroxylation is 1. The molecule has 0 aromatic carbocycles. The predicted molar refractivity (Wildman–Crippen MR) is 111 cm³/mol. The fourth-order valence-corrected chi connectivity index (χ4v) is 2.08. The lowest BCUT2D eigenvalue weighted by Gasteiger charge is -2.16. The Morgan fingerprint density at radius 3 is 2.50 bits per heavy atom. The van der Waals surface area contributed by atoms with Crippen LogP contribution in [0.2, 0.25) is 0 Å². The first-order valence-electron chi connectivity index (χ1n) is 8.26. The molecule has 1 aromatic heterocycles. The van der Waals surface area contributed by atoms with Crippen molar-refractivity contribution in [3.8, 4) is 0 Å². The Bertz CT molecular complexity index is 500. The summed E-state index contributed by atoms with van der Waals surface area (Å²) in [5.41, 5.74) is 1.07. The number of pyridine rings is 1. The topological polar surface area (TPSA) is 78.4 Å². The fourth-order valence-electron chi connectivity index (χ4n) is 2.08. The number of aliphatic imine (C=N–C) groups is 1. The van der Waals surface area contributed by atoms with Crippen molar-refractivity contribution >= 4 is 41.7 Å². The molecule has 136 valence electrons. The number of aromatic nitrogens is 1. The molecular formula is C17H30IN5O. The molecule has 24 heavy (non-hydrogen) atoms. The third-order valence-electron chi connectivity index (χ3n) is 3.76. The molecule has 0 radical (unpaired) electrons. The molecule has 0 spiro atoms. The summed E-state index contributed by atoms with van der Waals surface area (Å²) in [6.45, 7) is 7.76. The molecule has 0 fully saturated rings. The molecule has 0 saturated heterocycles. The van der Waals surface area contributed by atoms with Gasteiger partial charge in [0.1, 0.15) is 5.82 Å². The Labute approximate surface area is 162 Å². The number of halogens is 1. The Morgan fingerprint density at radius 1 is 1.25 bits per heavy atom. The molecule has 3 N–H and O–H groups in total. The van der Waals surface area contributed by atoms with Crippen LogP contribution in [0.15, 0.2) is 23.3 Å². The Kier molecular flexibility index (Phi) is 12.2. The van der Waals surface area contributed by atoms with Crippen LogP contribution in [-0.2, 0) is 4.79 Å². The standard InChI is InChI=1S/C17H29N5O.HI/c1-5-14(6-2)12-21-17(18-4)19-10-9-16(23)22-15-8-7-13(3)11-20-15;/h7-8,11,14H,5-6,9-10,12H2,1-4H3,(H2,18,19,21)(H,20,22,23);1H. The summed E-state index contributed by atoms with van der Waals surface area (Å²) in [4.78, 5) is 20.2. The monoisotopic (exact) mass is 447 g/mol. The molecule has 1 aromatic rings. The average Bonchev–Trinajstić information content (AvgIpc) is 2.56. The minimum Gasteiger partial charge on any atom is -0.356 e. The zero-order valence-corrected chi connectivity index (χ0v) is 17.4. The van der Waals surface area contributed by atoms with E-state index in [1.807, 2.05) is 13.0 Å². The lowest BCUT2D eigenvalue weighted by Crippen LogP contribution is -2.40. The summed E-state index contributed by atoms with van der Waals surface area (Å²) in [7, 11) is 1.73. The number of guanidine groups is 1. The van der Waals surface area contributed by atoms with E-state index in [4.69, 9.17) is 0 Å². The minimum absolute atomic E-state index is 0. The number of anilines is 1. The number of rotatable bonds is 8. The lowest BCUT2D eigenvalue weighted by atomic mass is 10.0. The molecule has 0 unspecified atom stereocenters. The highest BCUT2D eigenvalue weighted by Gasteiger charge is 2.06. The largest absolute Gasteiger partial charge is 0.356 e. The van der Waals surface area contributed by atoms with Gasteiger partial charge in [0.2, 0.25) is 5.91 Å². The fraction of sp³-hybridized carbons (Fsp3) is 0.588. The molecule has 0 aliphatic heterocycles. The Balaban J connectivity index is 0.00000529. The molecule has 0 aliphatic rings. The Morgan fingerprint density at radius 2 is 1.96 bits per heavy atom. The van der Waals surface area contributed by atoms with Crippen LogP contribution in [-0.4, -0.2) is 37.0 Å². The second kappa shape index (κ2) is 13.0. The quantitative estimate of drug-likeness (QED) is 0.325. The van der Waals surface area contributed by atoms with Gasteiger partial charge in [0.05, 0.1) is 0 Å². The summed E-state index contributed by atoms with van der Waals surface area (Å²) in [5.74, 6) is 1.89. The van der Waals surface area contributed by atoms with E-state index in [-0.39, 0.29) is 29.9 Å². The number of nitrogens with one attached hydrogen (secondary N) is 3. The normalized spacial score (nSPS) is 11.0. The number of hydrogen-bond acceptors (Lipinski definition) is 3. The van der Waals surface area contributed by atoms with Crippen molar-refractivity contribution < 1.29 is 4.79 Å². The third kappa shape index (κ3) is 9.05. The van der Waals surface area contributed by atoms with Crippen LogP contribution in [0.4, 0.5) is 5.82 Å². The minimum atomic E-state index is -0.0655. The van der Waals surface area contributed by atoms with Gasteiger partial charge in [-0.05, 0) is 24.5 Å². The van der Waals surface area contributed by atoms with Gasteiger partial charge in [-0.3, -0.25) is 9.79 Å². The lowest BCUT2D eigenvalue weighted by molar-refractivity contribution is -0.116. The van der Waals surface area contributed by atoms with Gasteiger partial charge in [0.25, 0.3) is 0 Å². The van der Waals surface area contributed by atoms with E-state index in [0.717, 1.165) is 30.9 Å². The van der Waals surface area contributed by atoms with Crippen LogP contribution in [0, 0.1) is 12.8 Å². The average molecular weight is 447 g/mol. The van der Waals surface area contributed by atoms with Crippen LogP contribution in [0.5, 0.6) is 0 Å². The molecule has 1 amide bonds. The first kappa shape index (κ1) is 22.6. The van der Waals surface area contributed by atoms with E-state index < -0.39 is 0 Å². The smallest absolute Gasteiger partial charge is 0.227 e. The van der Waals surface area contributed by atoms with Crippen molar-refractivity contribution in [1.82, 2.24) is 15.6 Å². The van der Waals surface area contributed by atoms with Gasteiger partial charge in [0.15, 0.2) is 5.96 Å². The molecule has 1 rings (SSSR count). The summed E-state index contributed by atoms with van der Waals surface area (Å²) < 4.78 is 0. The van der Waals surface area contributed by atoms with E-state index in [1.165, 1.54) is 0 Å². The van der Waals surface area contributed by atoms with Crippen LogP contribution in [0.3, 0.4) is 0 Å². The summed E-state index contributed by atoms with van der Waals surface area (Å²) in [6, 6.07) is 3.72. The molecule has 7 heteroatoms. The van der Waals surface area contributed by atoms with Crippen molar-refractivity contribution in [3.63, 3.8) is 0 Å². The molecule has 0 bridgehead atoms. The SMILES string of the molecule is CCC(CC)CNC(=NC)NCCC(=O)Nc1ccc(C)cn1.I. The predicted octanol–water partition coefficient (Wildman–Crippen LogP) is 2.94. The van der Waals surface area contributed by atoms with Crippen molar-refractivity contribution in [2.45, 2.75) is 40.0 Å². The molecule has 0 atom stereocenters. The molecular weight excluding hydrogens is 417 g/mol.